The van der Waals surface area contributed by atoms with Crippen molar-refractivity contribution in [3.63, 3.8) is 0 Å². The first-order valence-electron chi connectivity index (χ1n) is 19.3. The Morgan fingerprint density at radius 3 is 1.54 bits per heavy atom. The molecular weight excluding hydrogens is 713 g/mol. The Labute approximate surface area is 330 Å². The molecule has 0 radical (unpaired) electrons. The molecule has 4 aromatic heterocycles. The zero-order chi connectivity index (χ0) is 37.2. The van der Waals surface area contributed by atoms with Crippen molar-refractivity contribution >= 4 is 108 Å². The van der Waals surface area contributed by atoms with Gasteiger partial charge in [-0.2, -0.15) is 0 Å². The van der Waals surface area contributed by atoms with E-state index in [1.807, 2.05) is 11.3 Å². The molecule has 0 bridgehead atoms. The van der Waals surface area contributed by atoms with Crippen LogP contribution in [0.1, 0.15) is 0 Å². The first-order chi connectivity index (χ1) is 28.3. The van der Waals surface area contributed by atoms with Crippen molar-refractivity contribution in [3.8, 4) is 22.8 Å². The summed E-state index contributed by atoms with van der Waals surface area (Å²) in [5.41, 5.74) is 9.41. The van der Waals surface area contributed by atoms with Crippen LogP contribution in [0, 0.1) is 0 Å². The van der Waals surface area contributed by atoms with Gasteiger partial charge in [-0.3, -0.25) is 4.57 Å². The fourth-order valence-corrected chi connectivity index (χ4v) is 10.6. The van der Waals surface area contributed by atoms with E-state index in [9.17, 15) is 0 Å². The Hall–Kier alpha value is -7.34. The molecule has 0 saturated carbocycles. The molecule has 4 nitrogen and oxygen atoms in total. The molecule has 0 aliphatic heterocycles. The third-order valence-corrected chi connectivity index (χ3v) is 13.0. The number of hydrogen-bond acceptors (Lipinski definition) is 3. The van der Waals surface area contributed by atoms with Gasteiger partial charge in [0.2, 0.25) is 0 Å². The highest BCUT2D eigenvalue weighted by molar-refractivity contribution is 7.25. The molecule has 13 aromatic rings. The van der Waals surface area contributed by atoms with Gasteiger partial charge < -0.3 is 4.57 Å². The summed E-state index contributed by atoms with van der Waals surface area (Å²) < 4.78 is 7.43. The molecule has 0 saturated heterocycles. The van der Waals surface area contributed by atoms with Gasteiger partial charge in [0.05, 0.1) is 33.1 Å². The predicted octanol–water partition coefficient (Wildman–Crippen LogP) is 14.2. The monoisotopic (exact) mass is 742 g/mol. The first-order valence-corrected chi connectivity index (χ1v) is 20.2. The summed E-state index contributed by atoms with van der Waals surface area (Å²) in [6.45, 7) is 0. The van der Waals surface area contributed by atoms with Crippen LogP contribution in [0.5, 0.6) is 0 Å². The molecule has 4 heterocycles. The van der Waals surface area contributed by atoms with Crippen molar-refractivity contribution in [2.24, 2.45) is 0 Å². The van der Waals surface area contributed by atoms with E-state index >= 15 is 0 Å². The Kier molecular flexibility index (Phi) is 6.29. The summed E-state index contributed by atoms with van der Waals surface area (Å²) in [6, 6.07) is 65.7. The average Bonchev–Trinajstić information content (AvgIpc) is 3.93. The second-order valence-electron chi connectivity index (χ2n) is 14.9. The van der Waals surface area contributed by atoms with Gasteiger partial charge in [-0.25, -0.2) is 9.97 Å². The molecule has 264 valence electrons. The Balaban J connectivity index is 1.17. The molecule has 0 spiro atoms. The SMILES string of the molecule is c1ccc(-c2nc3c4ccccc4c4ccccc4c3nc2-n2c3ccccc3c3c4c5ccccc5n(-c5ccc6sc7ccccc7c6c5)c4ccc32)cc1. The summed E-state index contributed by atoms with van der Waals surface area (Å²) >= 11 is 1.86. The van der Waals surface area contributed by atoms with Crippen LogP contribution in [0.3, 0.4) is 0 Å². The Bertz CT molecular complexity index is 3810. The van der Waals surface area contributed by atoms with Crippen LogP contribution in [0.4, 0.5) is 0 Å². The number of rotatable bonds is 3. The van der Waals surface area contributed by atoms with E-state index in [2.05, 4.69) is 191 Å². The maximum absolute atomic E-state index is 5.71. The molecule has 57 heavy (non-hydrogen) atoms. The van der Waals surface area contributed by atoms with E-state index < -0.39 is 0 Å². The topological polar surface area (TPSA) is 35.6 Å². The van der Waals surface area contributed by atoms with Crippen molar-refractivity contribution in [2.45, 2.75) is 0 Å². The van der Waals surface area contributed by atoms with Crippen LogP contribution in [-0.4, -0.2) is 19.1 Å². The number of fused-ring (bicyclic) bond motifs is 16. The Morgan fingerprint density at radius 1 is 0.351 bits per heavy atom. The lowest BCUT2D eigenvalue weighted by atomic mass is 9.99. The lowest BCUT2D eigenvalue weighted by Gasteiger charge is -2.16. The minimum atomic E-state index is 0.818. The number of thiophene rings is 1. The zero-order valence-corrected chi connectivity index (χ0v) is 31.3. The molecule has 0 atom stereocenters. The maximum atomic E-state index is 5.71. The van der Waals surface area contributed by atoms with E-state index in [0.29, 0.717) is 0 Å². The number of hydrogen-bond donors (Lipinski definition) is 0. The predicted molar refractivity (Wildman–Crippen MR) is 242 cm³/mol. The van der Waals surface area contributed by atoms with E-state index in [1.165, 1.54) is 63.5 Å². The molecule has 0 N–H and O–H groups in total. The van der Waals surface area contributed by atoms with Crippen LogP contribution in [0.2, 0.25) is 0 Å². The number of nitrogens with zero attached hydrogens (tertiary/aromatic N) is 4. The largest absolute Gasteiger partial charge is 0.309 e. The van der Waals surface area contributed by atoms with Gasteiger partial charge in [-0.1, -0.05) is 133 Å². The second-order valence-corrected chi connectivity index (χ2v) is 16.0. The third kappa shape index (κ3) is 4.26. The molecule has 0 aliphatic rings. The van der Waals surface area contributed by atoms with Crippen molar-refractivity contribution in [3.05, 3.63) is 182 Å². The van der Waals surface area contributed by atoms with E-state index in [0.717, 1.165) is 55.6 Å². The van der Waals surface area contributed by atoms with E-state index in [1.54, 1.807) is 0 Å². The van der Waals surface area contributed by atoms with Gasteiger partial charge in [-0.15, -0.1) is 11.3 Å². The summed E-state index contributed by atoms with van der Waals surface area (Å²) in [4.78, 5) is 11.3. The minimum absolute atomic E-state index is 0.818. The zero-order valence-electron chi connectivity index (χ0n) is 30.5. The van der Waals surface area contributed by atoms with Gasteiger partial charge in [0.15, 0.2) is 5.82 Å². The van der Waals surface area contributed by atoms with Gasteiger partial charge in [0.25, 0.3) is 0 Å². The highest BCUT2D eigenvalue weighted by atomic mass is 32.1. The quantitative estimate of drug-likeness (QED) is 0.169. The highest BCUT2D eigenvalue weighted by Gasteiger charge is 2.24. The van der Waals surface area contributed by atoms with Crippen LogP contribution >= 0.6 is 11.3 Å². The number of benzene rings is 9. The smallest absolute Gasteiger partial charge is 0.165 e. The van der Waals surface area contributed by atoms with E-state index in [-0.39, 0.29) is 0 Å². The molecule has 13 rings (SSSR count). The molecule has 0 unspecified atom stereocenters. The number of para-hydroxylation sites is 2. The molecule has 5 heteroatoms. The fraction of sp³-hybridized carbons (Fsp3) is 0. The van der Waals surface area contributed by atoms with E-state index in [4.69, 9.17) is 9.97 Å². The minimum Gasteiger partial charge on any atom is -0.309 e. The van der Waals surface area contributed by atoms with Gasteiger partial charge in [0, 0.05) is 63.7 Å². The molecule has 0 amide bonds. The summed E-state index contributed by atoms with van der Waals surface area (Å²) in [6.07, 6.45) is 0. The summed E-state index contributed by atoms with van der Waals surface area (Å²) in [7, 11) is 0. The third-order valence-electron chi connectivity index (χ3n) is 11.9. The highest BCUT2D eigenvalue weighted by Crippen LogP contribution is 2.45. The summed E-state index contributed by atoms with van der Waals surface area (Å²) in [5, 5.41) is 12.0. The van der Waals surface area contributed by atoms with Crippen molar-refractivity contribution in [1.29, 1.82) is 0 Å². The van der Waals surface area contributed by atoms with Gasteiger partial charge in [-0.05, 0) is 59.3 Å². The van der Waals surface area contributed by atoms with Crippen molar-refractivity contribution < 1.29 is 0 Å². The van der Waals surface area contributed by atoms with Crippen LogP contribution in [0.15, 0.2) is 182 Å². The van der Waals surface area contributed by atoms with Crippen molar-refractivity contribution in [1.82, 2.24) is 19.1 Å². The lowest BCUT2D eigenvalue weighted by molar-refractivity contribution is 1.08. The van der Waals surface area contributed by atoms with Crippen LogP contribution in [-0.2, 0) is 0 Å². The van der Waals surface area contributed by atoms with Crippen LogP contribution < -0.4 is 0 Å². The van der Waals surface area contributed by atoms with Gasteiger partial charge >= 0.3 is 0 Å². The molecule has 9 aromatic carbocycles. The number of aromatic nitrogens is 4. The summed E-state index contributed by atoms with van der Waals surface area (Å²) in [5.74, 6) is 0.818. The van der Waals surface area contributed by atoms with Crippen LogP contribution in [0.25, 0.3) is 119 Å². The first kappa shape index (κ1) is 30.9. The van der Waals surface area contributed by atoms with Gasteiger partial charge in [0.1, 0.15) is 5.69 Å². The average molecular weight is 743 g/mol. The lowest BCUT2D eigenvalue weighted by Crippen LogP contribution is -2.04. The maximum Gasteiger partial charge on any atom is 0.165 e. The molecule has 0 fully saturated rings. The Morgan fingerprint density at radius 2 is 0.860 bits per heavy atom. The van der Waals surface area contributed by atoms with Crippen molar-refractivity contribution in [2.75, 3.05) is 0 Å². The standard InChI is InChI=1S/C52H30N4S/c1-2-14-31(15-3-1)49-52(54-51-37-20-7-5-17-34(37)33-16-4-6-19-36(33)50(51)53-49)56-42-24-12-9-22-39(42)48-44(56)28-27-43-47(48)38-21-8-11-23-41(38)55(43)32-26-29-46-40(30-32)35-18-10-13-25-45(35)57-46/h1-30H. The fourth-order valence-electron chi connectivity index (χ4n) is 9.47. The second kappa shape index (κ2) is 11.6. The molecule has 0 aliphatic carbocycles. The normalized spacial score (nSPS) is 12.2. The molecular formula is C52H30N4S.